The van der Waals surface area contributed by atoms with Crippen molar-refractivity contribution >= 4 is 31.1 Å². The number of aromatic nitrogens is 4. The van der Waals surface area contributed by atoms with E-state index >= 15 is 0 Å². The van der Waals surface area contributed by atoms with Gasteiger partial charge in [-0.1, -0.05) is 37.8 Å². The van der Waals surface area contributed by atoms with E-state index in [2.05, 4.69) is 52.1 Å². The van der Waals surface area contributed by atoms with E-state index in [0.717, 1.165) is 28.1 Å². The number of fused-ring (bicyclic) bond motifs is 1. The van der Waals surface area contributed by atoms with E-state index in [-0.39, 0.29) is 12.4 Å². The second kappa shape index (κ2) is 8.24. The number of benzene rings is 1. The van der Waals surface area contributed by atoms with E-state index in [9.17, 15) is 4.79 Å². The van der Waals surface area contributed by atoms with Crippen LogP contribution in [-0.2, 0) is 16.9 Å². The smallest absolute Gasteiger partial charge is 0.269 e. The number of rotatable bonds is 8. The molecule has 1 aromatic carbocycles. The molecule has 1 atom stereocenters. The highest BCUT2D eigenvalue weighted by molar-refractivity contribution is 6.76. The number of dihydropyridines is 1. The summed E-state index contributed by atoms with van der Waals surface area (Å²) in [6.45, 7) is 8.44. The van der Waals surface area contributed by atoms with Gasteiger partial charge in [0.05, 0.1) is 23.7 Å². The molecule has 0 saturated carbocycles. The molecular formula is C22H28N6O2Si. The number of amides is 1. The number of carbonyl (C=O) groups is 1. The van der Waals surface area contributed by atoms with Crippen molar-refractivity contribution in [2.24, 2.45) is 10.7 Å². The average Bonchev–Trinajstić information content (AvgIpc) is 3.39. The SMILES string of the molecule is C[Si](C)(C)CCOCn1nc(C(N)=O)c2ccc(C3(c4cn[nH]c4)C=CC=NC3)cc21. The van der Waals surface area contributed by atoms with Gasteiger partial charge >= 0.3 is 0 Å². The van der Waals surface area contributed by atoms with Crippen molar-refractivity contribution in [1.82, 2.24) is 20.0 Å². The van der Waals surface area contributed by atoms with Crippen molar-refractivity contribution in [3.05, 3.63) is 59.6 Å². The molecule has 3 heterocycles. The largest absolute Gasteiger partial charge is 0.364 e. The van der Waals surface area contributed by atoms with Crippen molar-refractivity contribution in [1.29, 1.82) is 0 Å². The molecule has 3 aromatic rings. The van der Waals surface area contributed by atoms with E-state index in [4.69, 9.17) is 10.5 Å². The number of hydrogen-bond donors (Lipinski definition) is 2. The monoisotopic (exact) mass is 436 g/mol. The van der Waals surface area contributed by atoms with Gasteiger partial charge < -0.3 is 10.5 Å². The van der Waals surface area contributed by atoms with Gasteiger partial charge in [0.25, 0.3) is 5.91 Å². The molecule has 0 fully saturated rings. The number of nitrogens with one attached hydrogen (secondary N) is 1. The molecule has 1 unspecified atom stereocenters. The Morgan fingerprint density at radius 3 is 2.81 bits per heavy atom. The Hall–Kier alpha value is -3.04. The fourth-order valence-electron chi connectivity index (χ4n) is 3.82. The van der Waals surface area contributed by atoms with Gasteiger partial charge in [-0.05, 0) is 23.7 Å². The summed E-state index contributed by atoms with van der Waals surface area (Å²) in [4.78, 5) is 16.5. The minimum atomic E-state index is -1.19. The van der Waals surface area contributed by atoms with Crippen LogP contribution in [0.15, 0.2) is 47.7 Å². The lowest BCUT2D eigenvalue weighted by Crippen LogP contribution is -2.30. The number of aromatic amines is 1. The maximum atomic E-state index is 12.0. The van der Waals surface area contributed by atoms with Crippen molar-refractivity contribution in [3.63, 3.8) is 0 Å². The lowest BCUT2D eigenvalue weighted by Gasteiger charge is -2.30. The Bertz CT molecular complexity index is 1140. The second-order valence-electron chi connectivity index (χ2n) is 9.10. The van der Waals surface area contributed by atoms with Gasteiger partial charge in [-0.15, -0.1) is 0 Å². The number of nitrogens with two attached hydrogens (primary N) is 1. The van der Waals surface area contributed by atoms with E-state index in [0.29, 0.717) is 13.2 Å². The van der Waals surface area contributed by atoms with Crippen LogP contribution < -0.4 is 5.73 Å². The van der Waals surface area contributed by atoms with Gasteiger partial charge in [0, 0.05) is 38.0 Å². The third kappa shape index (κ3) is 4.24. The first kappa shape index (κ1) is 21.2. The molecular weight excluding hydrogens is 408 g/mol. The van der Waals surface area contributed by atoms with Crippen molar-refractivity contribution in [3.8, 4) is 0 Å². The van der Waals surface area contributed by atoms with Crippen LogP contribution in [0.5, 0.6) is 0 Å². The summed E-state index contributed by atoms with van der Waals surface area (Å²) in [6.07, 6.45) is 9.60. The molecule has 0 saturated heterocycles. The standard InChI is InChI=1S/C22H28N6O2Si/c1-31(2,3)10-9-30-15-28-19-11-16(5-6-18(19)20(27-28)21(23)29)22(7-4-8-24-14-22)17-12-25-26-13-17/h4-8,11-13H,9-10,14-15H2,1-3H3,(H2,23,29)(H,25,26). The topological polar surface area (TPSA) is 111 Å². The molecule has 1 aliphatic heterocycles. The zero-order valence-corrected chi connectivity index (χ0v) is 19.1. The maximum Gasteiger partial charge on any atom is 0.269 e. The molecule has 8 nitrogen and oxygen atoms in total. The van der Waals surface area contributed by atoms with E-state index in [1.165, 1.54) is 0 Å². The molecule has 162 valence electrons. The Morgan fingerprint density at radius 1 is 1.32 bits per heavy atom. The molecule has 3 N–H and O–H groups in total. The summed E-state index contributed by atoms with van der Waals surface area (Å²) < 4.78 is 7.63. The predicted octanol–water partition coefficient (Wildman–Crippen LogP) is 3.10. The number of hydrogen-bond acceptors (Lipinski definition) is 5. The van der Waals surface area contributed by atoms with Crippen LogP contribution in [-0.4, -0.2) is 53.3 Å². The third-order valence-electron chi connectivity index (χ3n) is 5.64. The maximum absolute atomic E-state index is 12.0. The normalized spacial score (nSPS) is 18.7. The number of primary amides is 1. The minimum Gasteiger partial charge on any atom is -0.364 e. The first-order valence-electron chi connectivity index (χ1n) is 10.4. The minimum absolute atomic E-state index is 0.255. The number of ether oxygens (including phenoxy) is 1. The third-order valence-corrected chi connectivity index (χ3v) is 7.34. The van der Waals surface area contributed by atoms with Gasteiger partial charge in [0.1, 0.15) is 6.73 Å². The molecule has 0 radical (unpaired) electrons. The molecule has 31 heavy (non-hydrogen) atoms. The predicted molar refractivity (Wildman–Crippen MR) is 124 cm³/mol. The zero-order valence-electron chi connectivity index (χ0n) is 18.1. The number of nitrogens with zero attached hydrogens (tertiary/aromatic N) is 4. The number of carbonyl (C=O) groups excluding carboxylic acids is 1. The van der Waals surface area contributed by atoms with Crippen LogP contribution in [0.25, 0.3) is 10.9 Å². The quantitative estimate of drug-likeness (QED) is 0.417. The van der Waals surface area contributed by atoms with E-state index in [1.54, 1.807) is 10.9 Å². The molecule has 2 aromatic heterocycles. The second-order valence-corrected chi connectivity index (χ2v) is 14.7. The molecule has 0 spiro atoms. The lowest BCUT2D eigenvalue weighted by atomic mass is 9.74. The number of allylic oxidation sites excluding steroid dienone is 1. The molecule has 9 heteroatoms. The molecule has 1 amide bonds. The summed E-state index contributed by atoms with van der Waals surface area (Å²) in [7, 11) is -1.19. The van der Waals surface area contributed by atoms with Crippen LogP contribution in [0.4, 0.5) is 0 Å². The molecule has 4 rings (SSSR count). The first-order valence-corrected chi connectivity index (χ1v) is 14.1. The summed E-state index contributed by atoms with van der Waals surface area (Å²) in [5, 5.41) is 12.2. The Labute approximate surface area is 182 Å². The Morgan fingerprint density at radius 2 is 2.16 bits per heavy atom. The average molecular weight is 437 g/mol. The van der Waals surface area contributed by atoms with Gasteiger partial charge in [0.2, 0.25) is 0 Å². The number of aliphatic imine (C=N–C) groups is 1. The molecule has 0 aliphatic carbocycles. The first-order chi connectivity index (χ1) is 14.8. The fourth-order valence-corrected chi connectivity index (χ4v) is 4.57. The lowest BCUT2D eigenvalue weighted by molar-refractivity contribution is 0.0808. The van der Waals surface area contributed by atoms with Crippen molar-refractivity contribution < 1.29 is 9.53 Å². The van der Waals surface area contributed by atoms with Gasteiger partial charge in [-0.3, -0.25) is 14.9 Å². The Balaban J connectivity index is 1.74. The van der Waals surface area contributed by atoms with Crippen LogP contribution in [0.1, 0.15) is 21.6 Å². The highest BCUT2D eigenvalue weighted by Gasteiger charge is 2.34. The van der Waals surface area contributed by atoms with E-state index in [1.807, 2.05) is 30.6 Å². The van der Waals surface area contributed by atoms with Crippen molar-refractivity contribution in [2.45, 2.75) is 37.8 Å². The fraction of sp³-hybridized carbons (Fsp3) is 0.364. The van der Waals surface area contributed by atoms with E-state index < -0.39 is 19.4 Å². The summed E-state index contributed by atoms with van der Waals surface area (Å²) in [6, 6.07) is 7.02. The summed E-state index contributed by atoms with van der Waals surface area (Å²) in [5.74, 6) is -0.551. The zero-order chi connectivity index (χ0) is 22.1. The highest BCUT2D eigenvalue weighted by atomic mass is 28.3. The van der Waals surface area contributed by atoms with Crippen LogP contribution >= 0.6 is 0 Å². The summed E-state index contributed by atoms with van der Waals surface area (Å²) >= 11 is 0. The van der Waals surface area contributed by atoms with Gasteiger partial charge in [-0.2, -0.15) is 10.2 Å². The molecule has 0 bridgehead atoms. The van der Waals surface area contributed by atoms with Gasteiger partial charge in [-0.25, -0.2) is 4.68 Å². The molecule has 1 aliphatic rings. The van der Waals surface area contributed by atoms with Crippen LogP contribution in [0.2, 0.25) is 25.7 Å². The highest BCUT2D eigenvalue weighted by Crippen LogP contribution is 2.37. The Kier molecular flexibility index (Phi) is 5.63. The van der Waals surface area contributed by atoms with Gasteiger partial charge in [0.15, 0.2) is 5.69 Å². The van der Waals surface area contributed by atoms with Crippen LogP contribution in [0, 0.1) is 0 Å². The van der Waals surface area contributed by atoms with Crippen molar-refractivity contribution in [2.75, 3.05) is 13.2 Å². The number of H-pyrrole nitrogens is 1. The van der Waals surface area contributed by atoms with Crippen LogP contribution in [0.3, 0.4) is 0 Å². The summed E-state index contributed by atoms with van der Waals surface area (Å²) in [5.41, 5.74) is 8.27.